The Morgan fingerprint density at radius 2 is 1.96 bits per heavy atom. The zero-order chi connectivity index (χ0) is 19.1. The van der Waals surface area contributed by atoms with E-state index in [0.717, 1.165) is 83.2 Å². The van der Waals surface area contributed by atoms with E-state index in [4.69, 9.17) is 4.98 Å². The molecule has 2 aromatic rings. The quantitative estimate of drug-likeness (QED) is 0.806. The minimum absolute atomic E-state index is 0.103. The number of hydrogen-bond donors (Lipinski definition) is 1. The number of hydrogen-bond acceptors (Lipinski definition) is 6. The summed E-state index contributed by atoms with van der Waals surface area (Å²) in [4.78, 5) is 24.6. The summed E-state index contributed by atoms with van der Waals surface area (Å²) in [6.07, 6.45) is 3.72. The summed E-state index contributed by atoms with van der Waals surface area (Å²) in [7, 11) is 0. The van der Waals surface area contributed by atoms with Crippen molar-refractivity contribution in [2.45, 2.75) is 19.8 Å². The Morgan fingerprint density at radius 3 is 2.75 bits per heavy atom. The third-order valence-corrected chi connectivity index (χ3v) is 6.44. The van der Waals surface area contributed by atoms with E-state index < -0.39 is 0 Å². The largest absolute Gasteiger partial charge is 0.354 e. The van der Waals surface area contributed by atoms with Gasteiger partial charge in [0.05, 0.1) is 17.8 Å². The predicted molar refractivity (Wildman–Crippen MR) is 108 cm³/mol. The van der Waals surface area contributed by atoms with E-state index in [2.05, 4.69) is 32.0 Å². The first kappa shape index (κ1) is 17.9. The summed E-state index contributed by atoms with van der Waals surface area (Å²) in [5.74, 6) is 1.57. The average Bonchev–Trinajstić information content (AvgIpc) is 3.03. The molecule has 3 aliphatic rings. The van der Waals surface area contributed by atoms with Gasteiger partial charge in [0.15, 0.2) is 5.65 Å². The number of rotatable bonds is 3. The lowest BCUT2D eigenvalue weighted by Gasteiger charge is -2.44. The SMILES string of the molecule is CCN1CCN(C(=O)C2CN(c3c4c(nc5ccnn35)CCNCC4)C2)CC1. The highest BCUT2D eigenvalue weighted by Gasteiger charge is 2.38. The summed E-state index contributed by atoms with van der Waals surface area (Å²) in [6, 6.07) is 1.97. The standard InChI is InChI=1S/C20H29N7O/c1-2-24-9-11-25(12-10-24)20(28)15-13-26(14-15)19-16-3-6-21-7-4-17(16)23-18-5-8-22-27(18)19/h5,8,15,21H,2-4,6-7,9-14H2,1H3. The molecule has 2 saturated heterocycles. The van der Waals surface area contributed by atoms with Gasteiger partial charge in [0, 0.05) is 63.9 Å². The van der Waals surface area contributed by atoms with Gasteiger partial charge in [0.2, 0.25) is 5.91 Å². The molecule has 5 heterocycles. The van der Waals surface area contributed by atoms with Crippen molar-refractivity contribution in [2.24, 2.45) is 5.92 Å². The molecular formula is C20H29N7O. The summed E-state index contributed by atoms with van der Waals surface area (Å²) in [5, 5.41) is 8.00. The minimum Gasteiger partial charge on any atom is -0.354 e. The first-order valence-electron chi connectivity index (χ1n) is 10.6. The van der Waals surface area contributed by atoms with Crippen LogP contribution in [0.25, 0.3) is 5.65 Å². The maximum absolute atomic E-state index is 12.9. The molecule has 28 heavy (non-hydrogen) atoms. The van der Waals surface area contributed by atoms with Crippen molar-refractivity contribution >= 4 is 17.4 Å². The fourth-order valence-electron chi connectivity index (χ4n) is 4.69. The molecule has 0 atom stereocenters. The van der Waals surface area contributed by atoms with E-state index in [-0.39, 0.29) is 5.92 Å². The Hall–Kier alpha value is -2.19. The second kappa shape index (κ2) is 7.33. The maximum atomic E-state index is 12.9. The molecule has 8 nitrogen and oxygen atoms in total. The van der Waals surface area contributed by atoms with E-state index >= 15 is 0 Å². The molecule has 8 heteroatoms. The molecule has 1 N–H and O–H groups in total. The van der Waals surface area contributed by atoms with Gasteiger partial charge in [-0.25, -0.2) is 4.98 Å². The van der Waals surface area contributed by atoms with Gasteiger partial charge in [-0.3, -0.25) is 4.79 Å². The van der Waals surface area contributed by atoms with Crippen molar-refractivity contribution in [3.8, 4) is 0 Å². The number of carbonyl (C=O) groups excluding carboxylic acids is 1. The molecule has 5 rings (SSSR count). The van der Waals surface area contributed by atoms with Crippen molar-refractivity contribution in [1.82, 2.24) is 29.7 Å². The highest BCUT2D eigenvalue weighted by molar-refractivity contribution is 5.82. The van der Waals surface area contributed by atoms with Gasteiger partial charge in [0.25, 0.3) is 0 Å². The zero-order valence-electron chi connectivity index (χ0n) is 16.6. The van der Waals surface area contributed by atoms with Crippen LogP contribution in [0.2, 0.25) is 0 Å². The van der Waals surface area contributed by atoms with Crippen LogP contribution in [0.15, 0.2) is 12.3 Å². The van der Waals surface area contributed by atoms with Crippen LogP contribution in [0, 0.1) is 5.92 Å². The Kier molecular flexibility index (Phi) is 4.68. The number of fused-ring (bicyclic) bond motifs is 2. The van der Waals surface area contributed by atoms with Gasteiger partial charge in [0.1, 0.15) is 5.82 Å². The van der Waals surface area contributed by atoms with Crippen molar-refractivity contribution in [3.05, 3.63) is 23.5 Å². The van der Waals surface area contributed by atoms with E-state index in [0.29, 0.717) is 5.91 Å². The van der Waals surface area contributed by atoms with Crippen LogP contribution < -0.4 is 10.2 Å². The van der Waals surface area contributed by atoms with Gasteiger partial charge < -0.3 is 20.0 Å². The van der Waals surface area contributed by atoms with Crippen LogP contribution in [-0.4, -0.2) is 89.2 Å². The normalized spacial score (nSPS) is 21.5. The molecule has 2 fully saturated rings. The Labute approximate surface area is 165 Å². The van der Waals surface area contributed by atoms with Crippen LogP contribution in [0.5, 0.6) is 0 Å². The van der Waals surface area contributed by atoms with Crippen LogP contribution in [-0.2, 0) is 17.6 Å². The topological polar surface area (TPSA) is 69.0 Å². The molecule has 0 saturated carbocycles. The van der Waals surface area contributed by atoms with Gasteiger partial charge >= 0.3 is 0 Å². The Morgan fingerprint density at radius 1 is 1.18 bits per heavy atom. The third kappa shape index (κ3) is 3.04. The second-order valence-corrected chi connectivity index (χ2v) is 8.07. The highest BCUT2D eigenvalue weighted by atomic mass is 16.2. The second-order valence-electron chi connectivity index (χ2n) is 8.07. The van der Waals surface area contributed by atoms with Crippen LogP contribution in [0.4, 0.5) is 5.82 Å². The smallest absolute Gasteiger partial charge is 0.229 e. The molecule has 3 aliphatic heterocycles. The lowest BCUT2D eigenvalue weighted by Crippen LogP contribution is -2.58. The summed E-state index contributed by atoms with van der Waals surface area (Å²) in [5.41, 5.74) is 3.38. The van der Waals surface area contributed by atoms with Crippen molar-refractivity contribution in [3.63, 3.8) is 0 Å². The molecule has 2 aromatic heterocycles. The van der Waals surface area contributed by atoms with Crippen LogP contribution in [0.3, 0.4) is 0 Å². The number of nitrogens with zero attached hydrogens (tertiary/aromatic N) is 6. The van der Waals surface area contributed by atoms with E-state index in [9.17, 15) is 4.79 Å². The number of likely N-dealkylation sites (N-methyl/N-ethyl adjacent to an activating group) is 1. The first-order chi connectivity index (χ1) is 13.7. The van der Waals surface area contributed by atoms with Crippen molar-refractivity contribution in [1.29, 1.82) is 0 Å². The third-order valence-electron chi connectivity index (χ3n) is 6.44. The molecule has 0 unspecified atom stereocenters. The predicted octanol–water partition coefficient (Wildman–Crippen LogP) is 0.0178. The van der Waals surface area contributed by atoms with Gasteiger partial charge in [-0.15, -0.1) is 0 Å². The average molecular weight is 384 g/mol. The number of anilines is 1. The van der Waals surface area contributed by atoms with Gasteiger partial charge in [-0.05, 0) is 19.5 Å². The van der Waals surface area contributed by atoms with Gasteiger partial charge in [-0.2, -0.15) is 9.61 Å². The number of nitrogens with one attached hydrogen (secondary N) is 1. The lowest BCUT2D eigenvalue weighted by molar-refractivity contribution is -0.138. The molecule has 0 radical (unpaired) electrons. The number of carbonyl (C=O) groups is 1. The maximum Gasteiger partial charge on any atom is 0.229 e. The molecule has 0 spiro atoms. The van der Waals surface area contributed by atoms with E-state index in [1.807, 2.05) is 16.8 Å². The minimum atomic E-state index is 0.103. The Bertz CT molecular complexity index is 865. The lowest BCUT2D eigenvalue weighted by atomic mass is 9.96. The Balaban J connectivity index is 1.33. The van der Waals surface area contributed by atoms with Gasteiger partial charge in [-0.1, -0.05) is 6.92 Å². The fraction of sp³-hybridized carbons (Fsp3) is 0.650. The van der Waals surface area contributed by atoms with E-state index in [1.54, 1.807) is 0 Å². The molecule has 150 valence electrons. The molecule has 0 aliphatic carbocycles. The van der Waals surface area contributed by atoms with Crippen LogP contribution in [0.1, 0.15) is 18.2 Å². The zero-order valence-corrected chi connectivity index (χ0v) is 16.6. The first-order valence-corrected chi connectivity index (χ1v) is 10.6. The summed E-state index contributed by atoms with van der Waals surface area (Å²) < 4.78 is 1.96. The molecule has 1 amide bonds. The van der Waals surface area contributed by atoms with E-state index in [1.165, 1.54) is 11.3 Å². The summed E-state index contributed by atoms with van der Waals surface area (Å²) in [6.45, 7) is 10.5. The van der Waals surface area contributed by atoms with Crippen molar-refractivity contribution < 1.29 is 4.79 Å². The molecule has 0 bridgehead atoms. The van der Waals surface area contributed by atoms with Crippen molar-refractivity contribution in [2.75, 3.05) is 63.8 Å². The number of aromatic nitrogens is 3. The monoisotopic (exact) mass is 383 g/mol. The molecule has 0 aromatic carbocycles. The fourth-order valence-corrected chi connectivity index (χ4v) is 4.69. The number of amides is 1. The summed E-state index contributed by atoms with van der Waals surface area (Å²) >= 11 is 0. The van der Waals surface area contributed by atoms with Crippen LogP contribution >= 0.6 is 0 Å². The number of piperazine rings is 1. The molecular weight excluding hydrogens is 354 g/mol. The highest BCUT2D eigenvalue weighted by Crippen LogP contribution is 2.32.